The van der Waals surface area contributed by atoms with Crippen molar-refractivity contribution in [2.24, 2.45) is 0 Å². The van der Waals surface area contributed by atoms with Gasteiger partial charge in [0.2, 0.25) is 11.8 Å². The summed E-state index contributed by atoms with van der Waals surface area (Å²) < 4.78 is 49.0. The molecule has 1 saturated heterocycles. The van der Waals surface area contributed by atoms with Crippen molar-refractivity contribution in [2.75, 3.05) is 31.6 Å². The first-order valence-corrected chi connectivity index (χ1v) is 17.0. The lowest BCUT2D eigenvalue weighted by Gasteiger charge is -2.27. The van der Waals surface area contributed by atoms with Crippen LogP contribution in [-0.4, -0.2) is 66.7 Å². The Labute approximate surface area is 294 Å². The molecule has 0 aliphatic carbocycles. The summed E-state index contributed by atoms with van der Waals surface area (Å²) in [5, 5.41) is 8.00. The molecule has 0 bridgehead atoms. The number of fused-ring (bicyclic) bond motifs is 1. The summed E-state index contributed by atoms with van der Waals surface area (Å²) in [4.78, 5) is 63.8. The number of unbranched alkanes of at least 4 members (excludes halogenated alkanes) is 2. The van der Waals surface area contributed by atoms with E-state index in [9.17, 15) is 37.1 Å². The van der Waals surface area contributed by atoms with Gasteiger partial charge in [0.15, 0.2) is 17.4 Å². The van der Waals surface area contributed by atoms with E-state index in [1.54, 1.807) is 18.2 Å². The molecule has 3 N–H and O–H groups in total. The van der Waals surface area contributed by atoms with E-state index in [1.807, 2.05) is 28.7 Å². The summed E-state index contributed by atoms with van der Waals surface area (Å²) in [6.07, 6.45) is 3.85. The normalized spacial score (nSPS) is 15.8. The minimum absolute atomic E-state index is 0.0647. The molecule has 1 atom stereocenters. The molecule has 0 saturated carbocycles. The number of ketones is 1. The average molecular weight is 791 g/mol. The number of anilines is 2. The Balaban J connectivity index is 0.996. The van der Waals surface area contributed by atoms with Gasteiger partial charge in [-0.25, -0.2) is 13.2 Å². The second-order valence-electron chi connectivity index (χ2n) is 11.7. The van der Waals surface area contributed by atoms with Crippen LogP contribution in [0.2, 0.25) is 0 Å². The molecule has 3 aromatic rings. The van der Waals surface area contributed by atoms with Gasteiger partial charge in [-0.3, -0.25) is 34.2 Å². The topological polar surface area (TPSA) is 134 Å². The minimum atomic E-state index is -1.29. The third-order valence-electron chi connectivity index (χ3n) is 8.32. The Bertz CT molecular complexity index is 1790. The van der Waals surface area contributed by atoms with Crippen LogP contribution in [-0.2, 0) is 20.7 Å². The van der Waals surface area contributed by atoms with Gasteiger partial charge in [0.1, 0.15) is 18.5 Å². The first-order valence-electron chi connectivity index (χ1n) is 15.9. The maximum atomic E-state index is 14.6. The van der Waals surface area contributed by atoms with Gasteiger partial charge in [-0.15, -0.1) is 0 Å². The summed E-state index contributed by atoms with van der Waals surface area (Å²) in [7, 11) is 0. The van der Waals surface area contributed by atoms with E-state index in [0.717, 1.165) is 48.4 Å². The van der Waals surface area contributed by atoms with Gasteiger partial charge in [0.25, 0.3) is 11.8 Å². The summed E-state index contributed by atoms with van der Waals surface area (Å²) in [6.45, 7) is 1.24. The molecule has 2 heterocycles. The zero-order chi connectivity index (χ0) is 35.1. The SMILES string of the molecule is O=C1CCC(N2C(=O)c3cccc(CCCCCNCCCOCC(=O)c4ccc(F)c(F)c4Nc4ccc(I)cc4F)c3C2=O)C(=O)N1. The lowest BCUT2D eigenvalue weighted by molar-refractivity contribution is -0.136. The van der Waals surface area contributed by atoms with Gasteiger partial charge in [0.05, 0.1) is 22.5 Å². The average Bonchev–Trinajstić information content (AvgIpc) is 3.32. The van der Waals surface area contributed by atoms with Crippen molar-refractivity contribution in [2.45, 2.75) is 51.0 Å². The fourth-order valence-corrected chi connectivity index (χ4v) is 6.29. The van der Waals surface area contributed by atoms with Crippen molar-refractivity contribution in [3.63, 3.8) is 0 Å². The predicted molar refractivity (Wildman–Crippen MR) is 182 cm³/mol. The smallest absolute Gasteiger partial charge is 0.262 e. The molecule has 49 heavy (non-hydrogen) atoms. The number of piperidine rings is 1. The molecule has 5 rings (SSSR count). The molecule has 4 amide bonds. The van der Waals surface area contributed by atoms with Crippen molar-refractivity contribution >= 4 is 63.4 Å². The number of benzene rings is 3. The van der Waals surface area contributed by atoms with Crippen LogP contribution < -0.4 is 16.0 Å². The largest absolute Gasteiger partial charge is 0.373 e. The highest BCUT2D eigenvalue weighted by Crippen LogP contribution is 2.31. The van der Waals surface area contributed by atoms with Crippen molar-refractivity contribution in [3.05, 3.63) is 91.8 Å². The number of rotatable bonds is 16. The highest BCUT2D eigenvalue weighted by Gasteiger charge is 2.45. The number of carbonyl (C=O) groups is 5. The molecular formula is C35H34F3IN4O6. The van der Waals surface area contributed by atoms with Crippen molar-refractivity contribution in [1.29, 1.82) is 0 Å². The molecule has 0 aromatic heterocycles. The van der Waals surface area contributed by atoms with Crippen LogP contribution in [0, 0.1) is 21.0 Å². The summed E-state index contributed by atoms with van der Waals surface area (Å²) in [5.41, 5.74) is 0.639. The second kappa shape index (κ2) is 16.5. The zero-order valence-corrected chi connectivity index (χ0v) is 28.5. The first kappa shape index (κ1) is 36.1. The van der Waals surface area contributed by atoms with Crippen molar-refractivity contribution in [1.82, 2.24) is 15.5 Å². The quantitative estimate of drug-likeness (QED) is 0.0757. The van der Waals surface area contributed by atoms with Crippen LogP contribution in [0.4, 0.5) is 24.5 Å². The molecule has 10 nitrogen and oxygen atoms in total. The number of amides is 4. The summed E-state index contributed by atoms with van der Waals surface area (Å²) >= 11 is 1.92. The number of Topliss-reactive ketones (excluding diaryl/α,β-unsaturated/α-hetero) is 1. The number of carbonyl (C=O) groups excluding carboxylic acids is 5. The molecule has 258 valence electrons. The number of aryl methyl sites for hydroxylation is 1. The van der Waals surface area contributed by atoms with E-state index in [-0.39, 0.29) is 42.9 Å². The lowest BCUT2D eigenvalue weighted by Crippen LogP contribution is -2.54. The maximum Gasteiger partial charge on any atom is 0.262 e. The van der Waals surface area contributed by atoms with E-state index in [1.165, 1.54) is 12.1 Å². The van der Waals surface area contributed by atoms with E-state index >= 15 is 0 Å². The monoisotopic (exact) mass is 790 g/mol. The second-order valence-corrected chi connectivity index (χ2v) is 13.0. The van der Waals surface area contributed by atoms with Crippen LogP contribution in [0.1, 0.15) is 75.2 Å². The third-order valence-corrected chi connectivity index (χ3v) is 8.99. The van der Waals surface area contributed by atoms with Gasteiger partial charge in [-0.1, -0.05) is 18.6 Å². The molecule has 0 spiro atoms. The van der Waals surface area contributed by atoms with Crippen LogP contribution in [0.25, 0.3) is 0 Å². The van der Waals surface area contributed by atoms with Gasteiger partial charge in [-0.05, 0) is 110 Å². The number of halogens is 4. The summed E-state index contributed by atoms with van der Waals surface area (Å²) in [5.74, 6) is -5.81. The number of hydrogen-bond donors (Lipinski definition) is 3. The third kappa shape index (κ3) is 8.54. The fraction of sp³-hybridized carbons (Fsp3) is 0.343. The Morgan fingerprint density at radius 1 is 0.939 bits per heavy atom. The number of nitrogens with zero attached hydrogens (tertiary/aromatic N) is 1. The number of ether oxygens (including phenoxy) is 1. The van der Waals surface area contributed by atoms with Gasteiger partial charge in [-0.2, -0.15) is 0 Å². The van der Waals surface area contributed by atoms with E-state index in [4.69, 9.17) is 4.74 Å². The van der Waals surface area contributed by atoms with E-state index in [0.29, 0.717) is 28.5 Å². The molecule has 2 aliphatic rings. The molecule has 1 fully saturated rings. The molecule has 2 aliphatic heterocycles. The van der Waals surface area contributed by atoms with Gasteiger partial charge in [0, 0.05) is 22.2 Å². The highest BCUT2D eigenvalue weighted by molar-refractivity contribution is 14.1. The lowest BCUT2D eigenvalue weighted by atomic mass is 9.98. The number of imide groups is 2. The standard InChI is InChI=1S/C35H34F3IN4O6/c36-24-11-10-22(32(31(24)38)41-26-12-9-21(39)18-25(26)37)28(44)19-49-17-5-16-40-15-3-1-2-6-20-7-4-8-23-30(20)35(48)43(34(23)47)27-13-14-29(45)42-33(27)46/h4,7-12,18,27,40-41H,1-3,5-6,13-17,19H2,(H,42,45,46). The molecule has 14 heteroatoms. The molecule has 3 aromatic carbocycles. The van der Waals surface area contributed by atoms with Crippen LogP contribution in [0.15, 0.2) is 48.5 Å². The molecule has 0 radical (unpaired) electrons. The number of hydrogen-bond acceptors (Lipinski definition) is 8. The van der Waals surface area contributed by atoms with E-state index < -0.39 is 58.6 Å². The van der Waals surface area contributed by atoms with Crippen molar-refractivity contribution in [3.8, 4) is 0 Å². The van der Waals surface area contributed by atoms with Crippen LogP contribution in [0.3, 0.4) is 0 Å². The van der Waals surface area contributed by atoms with Gasteiger partial charge >= 0.3 is 0 Å². The fourth-order valence-electron chi connectivity index (χ4n) is 5.83. The van der Waals surface area contributed by atoms with Crippen molar-refractivity contribution < 1.29 is 41.9 Å². The Morgan fingerprint density at radius 2 is 1.73 bits per heavy atom. The predicted octanol–water partition coefficient (Wildman–Crippen LogP) is 5.45. The Morgan fingerprint density at radius 3 is 2.51 bits per heavy atom. The Hall–Kier alpha value is -4.15. The molecule has 1 unspecified atom stereocenters. The maximum absolute atomic E-state index is 14.6. The first-order chi connectivity index (χ1) is 23.6. The van der Waals surface area contributed by atoms with Crippen LogP contribution in [0.5, 0.6) is 0 Å². The summed E-state index contributed by atoms with van der Waals surface area (Å²) in [6, 6.07) is 10.3. The van der Waals surface area contributed by atoms with Gasteiger partial charge < -0.3 is 15.4 Å². The van der Waals surface area contributed by atoms with E-state index in [2.05, 4.69) is 16.0 Å². The number of nitrogens with one attached hydrogen (secondary N) is 3. The zero-order valence-electron chi connectivity index (χ0n) is 26.4. The molecular weight excluding hydrogens is 756 g/mol. The minimum Gasteiger partial charge on any atom is -0.373 e. The van der Waals surface area contributed by atoms with Crippen LogP contribution >= 0.6 is 22.6 Å². The highest BCUT2D eigenvalue weighted by atomic mass is 127. The Kier molecular flexibility index (Phi) is 12.2.